The lowest BCUT2D eigenvalue weighted by Gasteiger charge is -2.20. The molecule has 0 unspecified atom stereocenters. The molecule has 0 saturated carbocycles. The van der Waals surface area contributed by atoms with Gasteiger partial charge in [-0.3, -0.25) is 9.69 Å². The predicted octanol–water partition coefficient (Wildman–Crippen LogP) is 5.03. The Bertz CT molecular complexity index is 1140. The number of amides is 1. The van der Waals surface area contributed by atoms with Crippen molar-refractivity contribution in [2.75, 3.05) is 24.3 Å². The molecule has 0 aliphatic carbocycles. The van der Waals surface area contributed by atoms with Crippen molar-refractivity contribution < 1.29 is 9.53 Å². The summed E-state index contributed by atoms with van der Waals surface area (Å²) in [5.41, 5.74) is 2.08. The number of thioether (sulfide) groups is 1. The maximum atomic E-state index is 13.2. The number of ether oxygens (including phenoxy) is 1. The van der Waals surface area contributed by atoms with Crippen molar-refractivity contribution in [1.82, 2.24) is 14.5 Å². The van der Waals surface area contributed by atoms with Crippen molar-refractivity contribution in [1.29, 1.82) is 0 Å². The van der Waals surface area contributed by atoms with Crippen LogP contribution in [-0.4, -0.2) is 39.8 Å². The van der Waals surface area contributed by atoms with Crippen molar-refractivity contribution in [2.45, 2.75) is 24.8 Å². The molecule has 4 aromatic rings. The highest BCUT2D eigenvalue weighted by atomic mass is 32.2. The van der Waals surface area contributed by atoms with Gasteiger partial charge in [0, 0.05) is 30.4 Å². The SMILES string of the molecule is COc1ccc2nc(N(CCCn3ccnc3)C(=O)CSc3ccc(C)cc3)sc2c1. The first kappa shape index (κ1) is 21.4. The van der Waals surface area contributed by atoms with E-state index in [1.54, 1.807) is 31.4 Å². The highest BCUT2D eigenvalue weighted by Gasteiger charge is 2.20. The maximum Gasteiger partial charge on any atom is 0.239 e. The zero-order chi connectivity index (χ0) is 21.6. The Morgan fingerprint density at radius 3 is 2.81 bits per heavy atom. The number of imidazole rings is 1. The van der Waals surface area contributed by atoms with Crippen LogP contribution in [0.5, 0.6) is 5.75 Å². The third-order valence-corrected chi connectivity index (χ3v) is 6.89. The second kappa shape index (κ2) is 9.98. The zero-order valence-corrected chi connectivity index (χ0v) is 19.2. The Labute approximate surface area is 189 Å². The van der Waals surface area contributed by atoms with Gasteiger partial charge in [0.1, 0.15) is 5.75 Å². The van der Waals surface area contributed by atoms with Crippen LogP contribution in [0.25, 0.3) is 10.2 Å². The van der Waals surface area contributed by atoms with Gasteiger partial charge in [-0.15, -0.1) is 11.8 Å². The maximum absolute atomic E-state index is 13.2. The first-order chi connectivity index (χ1) is 15.1. The third-order valence-electron chi connectivity index (χ3n) is 4.86. The van der Waals surface area contributed by atoms with Crippen LogP contribution in [0.3, 0.4) is 0 Å². The van der Waals surface area contributed by atoms with Crippen LogP contribution in [0.1, 0.15) is 12.0 Å². The summed E-state index contributed by atoms with van der Waals surface area (Å²) in [7, 11) is 1.65. The number of carbonyl (C=O) groups excluding carboxylic acids is 1. The van der Waals surface area contributed by atoms with E-state index in [1.165, 1.54) is 16.9 Å². The van der Waals surface area contributed by atoms with Crippen molar-refractivity contribution in [3.63, 3.8) is 0 Å². The fraction of sp³-hybridized carbons (Fsp3) is 0.261. The molecule has 0 atom stereocenters. The van der Waals surface area contributed by atoms with Crippen molar-refractivity contribution in [2.24, 2.45) is 0 Å². The van der Waals surface area contributed by atoms with Crippen molar-refractivity contribution in [3.05, 3.63) is 66.7 Å². The van der Waals surface area contributed by atoms with E-state index >= 15 is 0 Å². The van der Waals surface area contributed by atoms with Crippen LogP contribution in [-0.2, 0) is 11.3 Å². The fourth-order valence-electron chi connectivity index (χ4n) is 3.15. The number of nitrogens with zero attached hydrogens (tertiary/aromatic N) is 4. The summed E-state index contributed by atoms with van der Waals surface area (Å²) in [5.74, 6) is 1.21. The smallest absolute Gasteiger partial charge is 0.239 e. The molecule has 1 amide bonds. The fourth-order valence-corrected chi connectivity index (χ4v) is 4.96. The van der Waals surface area contributed by atoms with Crippen molar-refractivity contribution in [3.8, 4) is 5.75 Å². The van der Waals surface area contributed by atoms with Crippen molar-refractivity contribution >= 4 is 44.4 Å². The number of benzene rings is 2. The highest BCUT2D eigenvalue weighted by molar-refractivity contribution is 8.00. The summed E-state index contributed by atoms with van der Waals surface area (Å²) < 4.78 is 8.36. The van der Waals surface area contributed by atoms with E-state index in [2.05, 4.69) is 36.2 Å². The molecule has 0 bridgehead atoms. The van der Waals surface area contributed by atoms with Crippen LogP contribution in [0.15, 0.2) is 66.1 Å². The Hall–Kier alpha value is -2.84. The van der Waals surface area contributed by atoms with Crippen LogP contribution >= 0.6 is 23.1 Å². The summed E-state index contributed by atoms with van der Waals surface area (Å²) in [6.07, 6.45) is 6.31. The zero-order valence-electron chi connectivity index (χ0n) is 17.5. The van der Waals surface area contributed by atoms with E-state index in [1.807, 2.05) is 33.9 Å². The van der Waals surface area contributed by atoms with Crippen LogP contribution in [0.2, 0.25) is 0 Å². The summed E-state index contributed by atoms with van der Waals surface area (Å²) >= 11 is 3.08. The molecule has 0 aliphatic heterocycles. The number of aromatic nitrogens is 3. The molecule has 0 spiro atoms. The van der Waals surface area contributed by atoms with Gasteiger partial charge in [-0.25, -0.2) is 9.97 Å². The Kier molecular flexibility index (Phi) is 6.89. The standard InChI is InChI=1S/C23H24N4O2S2/c1-17-4-7-19(8-5-17)30-15-22(28)27(12-3-11-26-13-10-24-16-26)23-25-20-9-6-18(29-2)14-21(20)31-23/h4-10,13-14,16H,3,11-12,15H2,1-2H3. The summed E-state index contributed by atoms with van der Waals surface area (Å²) in [6.45, 7) is 3.46. The van der Waals surface area contributed by atoms with E-state index in [0.717, 1.165) is 39.0 Å². The first-order valence-corrected chi connectivity index (χ1v) is 11.8. The van der Waals surface area contributed by atoms with E-state index in [-0.39, 0.29) is 5.91 Å². The van der Waals surface area contributed by atoms with E-state index < -0.39 is 0 Å². The van der Waals surface area contributed by atoms with Gasteiger partial charge < -0.3 is 9.30 Å². The van der Waals surface area contributed by atoms with Gasteiger partial charge in [-0.05, 0) is 43.7 Å². The molecule has 0 fully saturated rings. The van der Waals surface area contributed by atoms with Gasteiger partial charge in [0.2, 0.25) is 5.91 Å². The highest BCUT2D eigenvalue weighted by Crippen LogP contribution is 2.32. The summed E-state index contributed by atoms with van der Waals surface area (Å²) in [5, 5.41) is 0.725. The van der Waals surface area contributed by atoms with E-state index in [9.17, 15) is 4.79 Å². The number of hydrogen-bond donors (Lipinski definition) is 0. The molecule has 31 heavy (non-hydrogen) atoms. The lowest BCUT2D eigenvalue weighted by molar-refractivity contribution is -0.116. The van der Waals surface area contributed by atoms with Gasteiger partial charge in [-0.2, -0.15) is 0 Å². The Morgan fingerprint density at radius 1 is 1.23 bits per heavy atom. The van der Waals surface area contributed by atoms with Gasteiger partial charge >= 0.3 is 0 Å². The average molecular weight is 453 g/mol. The molecule has 2 aromatic carbocycles. The number of methoxy groups -OCH3 is 1. The quantitative estimate of drug-likeness (QED) is 0.334. The Balaban J connectivity index is 1.51. The van der Waals surface area contributed by atoms with E-state index in [0.29, 0.717) is 12.3 Å². The van der Waals surface area contributed by atoms with Crippen LogP contribution in [0.4, 0.5) is 5.13 Å². The number of fused-ring (bicyclic) bond motifs is 1. The molecule has 2 aromatic heterocycles. The lowest BCUT2D eigenvalue weighted by Crippen LogP contribution is -2.33. The number of hydrogen-bond acceptors (Lipinski definition) is 6. The molecule has 4 rings (SSSR count). The number of aryl methyl sites for hydroxylation is 2. The number of rotatable bonds is 9. The van der Waals surface area contributed by atoms with Crippen LogP contribution in [0, 0.1) is 6.92 Å². The molecule has 0 radical (unpaired) electrons. The Morgan fingerprint density at radius 2 is 2.06 bits per heavy atom. The third kappa shape index (κ3) is 5.45. The predicted molar refractivity (Wildman–Crippen MR) is 127 cm³/mol. The van der Waals surface area contributed by atoms with Crippen LogP contribution < -0.4 is 9.64 Å². The molecule has 0 N–H and O–H groups in total. The molecule has 0 saturated heterocycles. The molecule has 8 heteroatoms. The topological polar surface area (TPSA) is 60.2 Å². The van der Waals surface area contributed by atoms with Gasteiger partial charge in [0.05, 0.1) is 29.4 Å². The van der Waals surface area contributed by atoms with E-state index in [4.69, 9.17) is 9.72 Å². The second-order valence-electron chi connectivity index (χ2n) is 7.13. The second-order valence-corrected chi connectivity index (χ2v) is 9.19. The monoisotopic (exact) mass is 452 g/mol. The average Bonchev–Trinajstić information content (AvgIpc) is 3.45. The van der Waals surface area contributed by atoms with Gasteiger partial charge in [0.25, 0.3) is 0 Å². The normalized spacial score (nSPS) is 11.0. The van der Waals surface area contributed by atoms with Gasteiger partial charge in [-0.1, -0.05) is 29.0 Å². The summed E-state index contributed by atoms with van der Waals surface area (Å²) in [6, 6.07) is 14.0. The first-order valence-electron chi connectivity index (χ1n) is 10.0. The minimum atomic E-state index is 0.0576. The lowest BCUT2D eigenvalue weighted by atomic mass is 10.2. The summed E-state index contributed by atoms with van der Waals surface area (Å²) in [4.78, 5) is 24.9. The molecule has 0 aliphatic rings. The molecular weight excluding hydrogens is 428 g/mol. The number of anilines is 1. The number of carbonyl (C=O) groups is 1. The number of thiazole rings is 1. The molecule has 6 nitrogen and oxygen atoms in total. The molecular formula is C23H24N4O2S2. The van der Waals surface area contributed by atoms with Gasteiger partial charge in [0.15, 0.2) is 5.13 Å². The minimum absolute atomic E-state index is 0.0576. The molecule has 160 valence electrons. The largest absolute Gasteiger partial charge is 0.497 e. The minimum Gasteiger partial charge on any atom is -0.497 e. The molecule has 2 heterocycles.